The van der Waals surface area contributed by atoms with Crippen molar-refractivity contribution < 1.29 is 4.74 Å². The summed E-state index contributed by atoms with van der Waals surface area (Å²) in [7, 11) is 0. The van der Waals surface area contributed by atoms with Gasteiger partial charge in [-0.15, -0.1) is 11.6 Å². The summed E-state index contributed by atoms with van der Waals surface area (Å²) in [6.45, 7) is 0. The van der Waals surface area contributed by atoms with Gasteiger partial charge in [0.05, 0.1) is 12.1 Å². The fraction of sp³-hybridized carbons (Fsp3) is 0.286. The third-order valence-corrected chi connectivity index (χ3v) is 1.70. The molecule has 1 aromatic rings. The number of rotatable bonds is 3. The topological polar surface area (TPSA) is 22.1 Å². The normalized spacial score (nSPS) is 12.5. The van der Waals surface area contributed by atoms with Crippen LogP contribution in [0.25, 0.3) is 0 Å². The smallest absolute Gasteiger partial charge is 0.185 e. The van der Waals surface area contributed by atoms with Gasteiger partial charge in [0.15, 0.2) is 5.56 Å². The zero-order valence-corrected chi connectivity index (χ0v) is 7.22. The van der Waals surface area contributed by atoms with Crippen LogP contribution in [0.5, 0.6) is 5.75 Å². The van der Waals surface area contributed by atoms with Crippen LogP contribution in [-0.4, -0.2) is 16.4 Å². The largest absolute Gasteiger partial charge is 0.472 e. The Morgan fingerprint density at radius 1 is 1.64 bits per heavy atom. The molecule has 0 fully saturated rings. The Labute approximate surface area is 75.1 Å². The highest BCUT2D eigenvalue weighted by Crippen LogP contribution is 2.11. The van der Waals surface area contributed by atoms with Gasteiger partial charge in [0, 0.05) is 6.20 Å². The minimum Gasteiger partial charge on any atom is -0.472 e. The van der Waals surface area contributed by atoms with Crippen LogP contribution in [0.3, 0.4) is 0 Å². The minimum absolute atomic E-state index is 0.260. The Morgan fingerprint density at radius 2 is 2.45 bits per heavy atom. The number of hydrogen-bond donors (Lipinski definition) is 0. The molecule has 0 aliphatic rings. The van der Waals surface area contributed by atoms with Gasteiger partial charge in [0.1, 0.15) is 5.75 Å². The molecule has 4 heteroatoms. The van der Waals surface area contributed by atoms with Crippen LogP contribution in [-0.2, 0) is 0 Å². The number of alkyl halides is 2. The van der Waals surface area contributed by atoms with E-state index in [1.54, 1.807) is 24.5 Å². The molecule has 2 nitrogen and oxygen atoms in total. The molecule has 0 saturated carbocycles. The van der Waals surface area contributed by atoms with Gasteiger partial charge in [-0.25, -0.2) is 0 Å². The van der Waals surface area contributed by atoms with Crippen LogP contribution < -0.4 is 4.74 Å². The molecule has 60 valence electrons. The van der Waals surface area contributed by atoms with Crippen LogP contribution in [0.1, 0.15) is 0 Å². The van der Waals surface area contributed by atoms with Crippen molar-refractivity contribution in [3.05, 3.63) is 24.5 Å². The summed E-state index contributed by atoms with van der Waals surface area (Å²) in [5.74, 6) is 0.893. The Hall–Kier alpha value is -0.470. The number of nitrogens with zero attached hydrogens (tertiary/aromatic N) is 1. The van der Waals surface area contributed by atoms with Crippen molar-refractivity contribution in [1.29, 1.82) is 0 Å². The summed E-state index contributed by atoms with van der Waals surface area (Å²) in [6.07, 6.45) is 3.25. The zero-order valence-electron chi connectivity index (χ0n) is 5.71. The van der Waals surface area contributed by atoms with E-state index in [9.17, 15) is 0 Å². The van der Waals surface area contributed by atoms with Gasteiger partial charge in [0.25, 0.3) is 0 Å². The maximum absolute atomic E-state index is 5.62. The molecule has 1 rings (SSSR count). The standard InChI is InChI=1S/C7H7Cl2NO/c8-4-7(9)11-6-2-1-3-10-5-6/h1-3,5,7H,4H2. The van der Waals surface area contributed by atoms with Crippen LogP contribution in [0.2, 0.25) is 0 Å². The predicted octanol–water partition coefficient (Wildman–Crippen LogP) is 2.26. The number of halogens is 2. The first-order valence-electron chi connectivity index (χ1n) is 3.09. The second kappa shape index (κ2) is 4.42. The van der Waals surface area contributed by atoms with E-state index < -0.39 is 5.56 Å². The van der Waals surface area contributed by atoms with E-state index in [4.69, 9.17) is 27.9 Å². The summed E-state index contributed by atoms with van der Waals surface area (Å²) in [5, 5.41) is 0. The van der Waals surface area contributed by atoms with Gasteiger partial charge in [-0.1, -0.05) is 11.6 Å². The number of aromatic nitrogens is 1. The molecule has 0 radical (unpaired) electrons. The second-order valence-corrected chi connectivity index (χ2v) is 2.67. The molecule has 0 spiro atoms. The van der Waals surface area contributed by atoms with E-state index in [-0.39, 0.29) is 5.88 Å². The molecule has 0 aliphatic carbocycles. The van der Waals surface area contributed by atoms with Crippen molar-refractivity contribution in [2.24, 2.45) is 0 Å². The molecule has 0 amide bonds. The summed E-state index contributed by atoms with van der Waals surface area (Å²) < 4.78 is 5.13. The SMILES string of the molecule is ClCC(Cl)Oc1cccnc1. The lowest BCUT2D eigenvalue weighted by atomic mass is 10.5. The van der Waals surface area contributed by atoms with Gasteiger partial charge in [-0.05, 0) is 12.1 Å². The van der Waals surface area contributed by atoms with Crippen molar-refractivity contribution in [2.45, 2.75) is 5.56 Å². The molecule has 11 heavy (non-hydrogen) atoms. The van der Waals surface area contributed by atoms with E-state index >= 15 is 0 Å². The predicted molar refractivity (Wildman–Crippen MR) is 45.2 cm³/mol. The second-order valence-electron chi connectivity index (χ2n) is 1.87. The molecular weight excluding hydrogens is 185 g/mol. The van der Waals surface area contributed by atoms with Crippen molar-refractivity contribution in [3.8, 4) is 5.75 Å². The lowest BCUT2D eigenvalue weighted by Gasteiger charge is -2.07. The first-order valence-corrected chi connectivity index (χ1v) is 4.06. The molecule has 1 aromatic heterocycles. The van der Waals surface area contributed by atoms with E-state index in [2.05, 4.69) is 4.98 Å². The first-order chi connectivity index (χ1) is 5.33. The fourth-order valence-electron chi connectivity index (χ4n) is 0.596. The average molecular weight is 192 g/mol. The first kappa shape index (κ1) is 8.62. The van der Waals surface area contributed by atoms with Gasteiger partial charge < -0.3 is 4.74 Å². The van der Waals surface area contributed by atoms with Crippen LogP contribution in [0, 0.1) is 0 Å². The van der Waals surface area contributed by atoms with E-state index in [1.807, 2.05) is 0 Å². The molecule has 1 unspecified atom stereocenters. The van der Waals surface area contributed by atoms with Crippen LogP contribution in [0.4, 0.5) is 0 Å². The zero-order chi connectivity index (χ0) is 8.10. The lowest BCUT2D eigenvalue weighted by Crippen LogP contribution is -2.09. The molecule has 0 N–H and O–H groups in total. The fourth-order valence-corrected chi connectivity index (χ4v) is 0.762. The Morgan fingerprint density at radius 3 is 3.00 bits per heavy atom. The average Bonchev–Trinajstić information content (AvgIpc) is 2.06. The Balaban J connectivity index is 2.51. The highest BCUT2D eigenvalue weighted by Gasteiger charge is 2.02. The quantitative estimate of drug-likeness (QED) is 0.685. The van der Waals surface area contributed by atoms with Gasteiger partial charge >= 0.3 is 0 Å². The molecule has 0 saturated heterocycles. The Bertz CT molecular complexity index is 205. The van der Waals surface area contributed by atoms with E-state index in [0.717, 1.165) is 0 Å². The third kappa shape index (κ3) is 2.95. The Kier molecular flexibility index (Phi) is 3.46. The molecule has 0 aromatic carbocycles. The summed E-state index contributed by atoms with van der Waals surface area (Å²) in [5.41, 5.74) is -0.485. The van der Waals surface area contributed by atoms with Crippen molar-refractivity contribution >= 4 is 23.2 Å². The maximum atomic E-state index is 5.62. The highest BCUT2D eigenvalue weighted by atomic mass is 35.5. The molecule has 1 heterocycles. The number of pyridine rings is 1. The maximum Gasteiger partial charge on any atom is 0.185 e. The van der Waals surface area contributed by atoms with Gasteiger partial charge in [-0.3, -0.25) is 4.98 Å². The molecular formula is C7H7Cl2NO. The number of hydrogen-bond acceptors (Lipinski definition) is 2. The lowest BCUT2D eigenvalue weighted by molar-refractivity contribution is 0.303. The van der Waals surface area contributed by atoms with E-state index in [1.165, 1.54) is 0 Å². The molecule has 1 atom stereocenters. The number of ether oxygens (including phenoxy) is 1. The minimum atomic E-state index is -0.485. The van der Waals surface area contributed by atoms with Crippen LogP contribution >= 0.6 is 23.2 Å². The van der Waals surface area contributed by atoms with Gasteiger partial charge in [-0.2, -0.15) is 0 Å². The van der Waals surface area contributed by atoms with Gasteiger partial charge in [0.2, 0.25) is 0 Å². The van der Waals surface area contributed by atoms with Crippen molar-refractivity contribution in [2.75, 3.05) is 5.88 Å². The van der Waals surface area contributed by atoms with Crippen molar-refractivity contribution in [1.82, 2.24) is 4.98 Å². The van der Waals surface area contributed by atoms with E-state index in [0.29, 0.717) is 5.75 Å². The summed E-state index contributed by atoms with van der Waals surface area (Å²) in [4.78, 5) is 3.85. The monoisotopic (exact) mass is 191 g/mol. The van der Waals surface area contributed by atoms with Crippen molar-refractivity contribution in [3.63, 3.8) is 0 Å². The third-order valence-electron chi connectivity index (χ3n) is 1.02. The molecule has 0 bridgehead atoms. The van der Waals surface area contributed by atoms with Crippen LogP contribution in [0.15, 0.2) is 24.5 Å². The summed E-state index contributed by atoms with van der Waals surface area (Å²) in [6, 6.07) is 3.54. The highest BCUT2D eigenvalue weighted by molar-refractivity contribution is 6.27. The molecule has 0 aliphatic heterocycles. The summed E-state index contributed by atoms with van der Waals surface area (Å²) >= 11 is 11.0.